The normalized spacial score (nSPS) is 18.1. The van der Waals surface area contributed by atoms with Crippen LogP contribution in [0.15, 0.2) is 24.3 Å². The maximum absolute atomic E-state index is 5.44. The summed E-state index contributed by atoms with van der Waals surface area (Å²) in [5.41, 5.74) is 2.79. The fourth-order valence-corrected chi connectivity index (χ4v) is 3.10. The van der Waals surface area contributed by atoms with E-state index in [1.165, 1.54) is 30.5 Å². The minimum absolute atomic E-state index is 0.403. The van der Waals surface area contributed by atoms with Gasteiger partial charge in [-0.15, -0.1) is 0 Å². The monoisotopic (exact) mass is 290 g/mol. The van der Waals surface area contributed by atoms with Crippen LogP contribution >= 0.6 is 0 Å². The molecule has 0 radical (unpaired) electrons. The SMILES string of the molecule is CCc1ccc(C(CN(C)CC2CCOCC2)NC)cc1. The van der Waals surface area contributed by atoms with Crippen molar-refractivity contribution in [3.8, 4) is 0 Å². The Morgan fingerprint density at radius 3 is 2.48 bits per heavy atom. The van der Waals surface area contributed by atoms with Crippen LogP contribution in [0.2, 0.25) is 0 Å². The van der Waals surface area contributed by atoms with Gasteiger partial charge in [-0.25, -0.2) is 0 Å². The van der Waals surface area contributed by atoms with Gasteiger partial charge in [-0.3, -0.25) is 0 Å². The molecule has 21 heavy (non-hydrogen) atoms. The van der Waals surface area contributed by atoms with Crippen LogP contribution in [0.4, 0.5) is 0 Å². The van der Waals surface area contributed by atoms with Crippen molar-refractivity contribution in [1.29, 1.82) is 0 Å². The number of likely N-dealkylation sites (N-methyl/N-ethyl adjacent to an activating group) is 2. The summed E-state index contributed by atoms with van der Waals surface area (Å²) in [5, 5.41) is 3.46. The van der Waals surface area contributed by atoms with Crippen molar-refractivity contribution in [2.45, 2.75) is 32.2 Å². The van der Waals surface area contributed by atoms with Crippen LogP contribution in [0.1, 0.15) is 36.9 Å². The second kappa shape index (κ2) is 8.52. The lowest BCUT2D eigenvalue weighted by Crippen LogP contribution is -2.35. The van der Waals surface area contributed by atoms with E-state index in [2.05, 4.69) is 55.5 Å². The largest absolute Gasteiger partial charge is 0.381 e. The molecule has 1 aromatic rings. The van der Waals surface area contributed by atoms with Crippen LogP contribution in [-0.2, 0) is 11.2 Å². The maximum Gasteiger partial charge on any atom is 0.0469 e. The first-order valence-corrected chi connectivity index (χ1v) is 8.25. The van der Waals surface area contributed by atoms with Gasteiger partial charge in [0, 0.05) is 32.3 Å². The highest BCUT2D eigenvalue weighted by molar-refractivity contribution is 5.25. The Morgan fingerprint density at radius 1 is 1.24 bits per heavy atom. The molecule has 1 aromatic carbocycles. The summed E-state index contributed by atoms with van der Waals surface area (Å²) >= 11 is 0. The first-order chi connectivity index (χ1) is 10.2. The van der Waals surface area contributed by atoms with Gasteiger partial charge in [0.25, 0.3) is 0 Å². The number of ether oxygens (including phenoxy) is 1. The molecule has 0 aromatic heterocycles. The van der Waals surface area contributed by atoms with Crippen LogP contribution < -0.4 is 5.32 Å². The summed E-state index contributed by atoms with van der Waals surface area (Å²) in [6.45, 7) is 6.30. The summed E-state index contributed by atoms with van der Waals surface area (Å²) in [6.07, 6.45) is 3.52. The van der Waals surface area contributed by atoms with Crippen LogP contribution in [-0.4, -0.2) is 45.3 Å². The lowest BCUT2D eigenvalue weighted by Gasteiger charge is -2.29. The average molecular weight is 290 g/mol. The van der Waals surface area contributed by atoms with Crippen LogP contribution in [0.25, 0.3) is 0 Å². The van der Waals surface area contributed by atoms with Gasteiger partial charge in [0.1, 0.15) is 0 Å². The smallest absolute Gasteiger partial charge is 0.0469 e. The number of aryl methyl sites for hydroxylation is 1. The van der Waals surface area contributed by atoms with Crippen molar-refractivity contribution < 1.29 is 4.74 Å². The lowest BCUT2D eigenvalue weighted by molar-refractivity contribution is 0.0548. The molecule has 0 amide bonds. The summed E-state index contributed by atoms with van der Waals surface area (Å²) in [5.74, 6) is 0.795. The Kier molecular flexibility index (Phi) is 6.68. The van der Waals surface area contributed by atoms with E-state index in [4.69, 9.17) is 4.74 Å². The first kappa shape index (κ1) is 16.5. The minimum Gasteiger partial charge on any atom is -0.381 e. The molecule has 0 bridgehead atoms. The van der Waals surface area contributed by atoms with Crippen molar-refractivity contribution in [1.82, 2.24) is 10.2 Å². The third-order valence-electron chi connectivity index (χ3n) is 4.54. The van der Waals surface area contributed by atoms with Crippen molar-refractivity contribution >= 4 is 0 Å². The van der Waals surface area contributed by atoms with Gasteiger partial charge < -0.3 is 15.0 Å². The number of nitrogens with zero attached hydrogens (tertiary/aromatic N) is 1. The molecule has 3 nitrogen and oxygen atoms in total. The molecule has 0 spiro atoms. The Labute approximate surface area is 129 Å². The van der Waals surface area contributed by atoms with Crippen molar-refractivity contribution in [2.75, 3.05) is 40.4 Å². The van der Waals surface area contributed by atoms with Gasteiger partial charge in [0.05, 0.1) is 0 Å². The fourth-order valence-electron chi connectivity index (χ4n) is 3.10. The zero-order valence-corrected chi connectivity index (χ0v) is 13.8. The molecule has 1 atom stereocenters. The van der Waals surface area contributed by atoms with E-state index in [0.29, 0.717) is 6.04 Å². The van der Waals surface area contributed by atoms with Crippen molar-refractivity contribution in [3.05, 3.63) is 35.4 Å². The van der Waals surface area contributed by atoms with E-state index < -0.39 is 0 Å². The van der Waals surface area contributed by atoms with E-state index in [9.17, 15) is 0 Å². The quantitative estimate of drug-likeness (QED) is 0.835. The minimum atomic E-state index is 0.403. The molecule has 118 valence electrons. The summed E-state index contributed by atoms with van der Waals surface area (Å²) in [4.78, 5) is 2.46. The zero-order chi connectivity index (χ0) is 15.1. The van der Waals surface area contributed by atoms with Gasteiger partial charge >= 0.3 is 0 Å². The Balaban J connectivity index is 1.87. The van der Waals surface area contributed by atoms with Gasteiger partial charge in [-0.05, 0) is 50.4 Å². The number of benzene rings is 1. The molecule has 1 aliphatic heterocycles. The molecule has 0 aliphatic carbocycles. The lowest BCUT2D eigenvalue weighted by atomic mass is 9.99. The van der Waals surface area contributed by atoms with E-state index >= 15 is 0 Å². The van der Waals surface area contributed by atoms with E-state index in [-0.39, 0.29) is 0 Å². The highest BCUT2D eigenvalue weighted by Gasteiger charge is 2.18. The topological polar surface area (TPSA) is 24.5 Å². The van der Waals surface area contributed by atoms with Crippen molar-refractivity contribution in [2.24, 2.45) is 5.92 Å². The molecular weight excluding hydrogens is 260 g/mol. The van der Waals surface area contributed by atoms with Gasteiger partial charge in [-0.2, -0.15) is 0 Å². The highest BCUT2D eigenvalue weighted by Crippen LogP contribution is 2.19. The molecule has 1 unspecified atom stereocenters. The fraction of sp³-hybridized carbons (Fsp3) is 0.667. The summed E-state index contributed by atoms with van der Waals surface area (Å²) in [7, 11) is 4.29. The standard InChI is InChI=1S/C18H30N2O/c1-4-15-5-7-17(8-6-15)18(19-2)14-20(3)13-16-9-11-21-12-10-16/h5-8,16,18-19H,4,9-14H2,1-3H3. The Bertz CT molecular complexity index is 398. The van der Waals surface area contributed by atoms with E-state index in [1.807, 2.05) is 0 Å². The van der Waals surface area contributed by atoms with Crippen LogP contribution in [0, 0.1) is 5.92 Å². The second-order valence-electron chi connectivity index (χ2n) is 6.21. The van der Waals surface area contributed by atoms with Gasteiger partial charge in [0.2, 0.25) is 0 Å². The van der Waals surface area contributed by atoms with E-state index in [0.717, 1.165) is 32.1 Å². The third kappa shape index (κ3) is 5.10. The molecular formula is C18H30N2O. The third-order valence-corrected chi connectivity index (χ3v) is 4.54. The molecule has 2 rings (SSSR count). The number of nitrogens with one attached hydrogen (secondary N) is 1. The zero-order valence-electron chi connectivity index (χ0n) is 13.8. The average Bonchev–Trinajstić information content (AvgIpc) is 2.53. The highest BCUT2D eigenvalue weighted by atomic mass is 16.5. The molecule has 1 aliphatic rings. The summed E-state index contributed by atoms with van der Waals surface area (Å²) in [6, 6.07) is 9.43. The first-order valence-electron chi connectivity index (χ1n) is 8.25. The van der Waals surface area contributed by atoms with E-state index in [1.54, 1.807) is 0 Å². The predicted molar refractivity (Wildman–Crippen MR) is 88.7 cm³/mol. The number of hydrogen-bond donors (Lipinski definition) is 1. The van der Waals surface area contributed by atoms with Crippen LogP contribution in [0.3, 0.4) is 0 Å². The second-order valence-corrected chi connectivity index (χ2v) is 6.21. The number of rotatable bonds is 7. The molecule has 1 heterocycles. The maximum atomic E-state index is 5.44. The molecule has 1 saturated heterocycles. The Hall–Kier alpha value is -0.900. The number of hydrogen-bond acceptors (Lipinski definition) is 3. The van der Waals surface area contributed by atoms with Gasteiger partial charge in [0.15, 0.2) is 0 Å². The summed E-state index contributed by atoms with van der Waals surface area (Å²) < 4.78 is 5.44. The van der Waals surface area contributed by atoms with Crippen LogP contribution in [0.5, 0.6) is 0 Å². The molecule has 3 heteroatoms. The van der Waals surface area contributed by atoms with Gasteiger partial charge in [-0.1, -0.05) is 31.2 Å². The molecule has 1 fully saturated rings. The molecule has 0 saturated carbocycles. The predicted octanol–water partition coefficient (Wildman–Crippen LogP) is 2.87. The molecule has 1 N–H and O–H groups in total. The van der Waals surface area contributed by atoms with Crippen molar-refractivity contribution in [3.63, 3.8) is 0 Å². The Morgan fingerprint density at radius 2 is 1.90 bits per heavy atom.